The van der Waals surface area contributed by atoms with Crippen LogP contribution in [0.1, 0.15) is 69.7 Å². The number of ether oxygens (including phenoxy) is 1. The molecule has 1 unspecified atom stereocenters. The van der Waals surface area contributed by atoms with Gasteiger partial charge in [0.25, 0.3) is 0 Å². The molecule has 2 aromatic carbocycles. The van der Waals surface area contributed by atoms with Gasteiger partial charge in [0.05, 0.1) is 6.10 Å². The van der Waals surface area contributed by atoms with Crippen LogP contribution in [0.5, 0.6) is 11.5 Å². The third-order valence-electron chi connectivity index (χ3n) is 6.58. The van der Waals surface area contributed by atoms with Crippen molar-refractivity contribution in [3.8, 4) is 11.5 Å². The molecule has 0 bridgehead atoms. The SMILES string of the molecule is CCC(CC)(c1ccc(OCC(O)C(C)(C)C)c(C)c1)c1ccc(OS(=O)(=O)CC(=O)O)c(C)c1. The van der Waals surface area contributed by atoms with Crippen molar-refractivity contribution < 1.29 is 32.3 Å². The minimum Gasteiger partial charge on any atom is -0.491 e. The number of aliphatic carboxylic acids is 1. The number of aliphatic hydroxyl groups is 1. The summed E-state index contributed by atoms with van der Waals surface area (Å²) in [6.45, 7) is 14.1. The highest BCUT2D eigenvalue weighted by Gasteiger charge is 2.32. The fraction of sp³-hybridized carbons (Fsp3) is 0.519. The lowest BCUT2D eigenvalue weighted by Crippen LogP contribution is -2.32. The van der Waals surface area contributed by atoms with E-state index in [0.29, 0.717) is 5.56 Å². The van der Waals surface area contributed by atoms with Crippen LogP contribution in [0.2, 0.25) is 0 Å². The molecule has 35 heavy (non-hydrogen) atoms. The van der Waals surface area contributed by atoms with Crippen molar-refractivity contribution in [2.75, 3.05) is 12.4 Å². The van der Waals surface area contributed by atoms with Crippen LogP contribution >= 0.6 is 0 Å². The lowest BCUT2D eigenvalue weighted by atomic mass is 9.70. The molecular weight excluding hydrogens is 468 g/mol. The number of rotatable bonds is 11. The topological polar surface area (TPSA) is 110 Å². The van der Waals surface area contributed by atoms with Gasteiger partial charge in [-0.2, -0.15) is 8.42 Å². The summed E-state index contributed by atoms with van der Waals surface area (Å²) in [5.41, 5.74) is 3.10. The van der Waals surface area contributed by atoms with Crippen LogP contribution < -0.4 is 8.92 Å². The van der Waals surface area contributed by atoms with E-state index in [1.807, 2.05) is 52.0 Å². The first-order valence-corrected chi connectivity index (χ1v) is 13.4. The van der Waals surface area contributed by atoms with Gasteiger partial charge in [0.1, 0.15) is 18.1 Å². The summed E-state index contributed by atoms with van der Waals surface area (Å²) in [6.07, 6.45) is 1.03. The molecule has 194 valence electrons. The smallest absolute Gasteiger partial charge is 0.322 e. The maximum absolute atomic E-state index is 12.0. The first-order valence-electron chi connectivity index (χ1n) is 11.8. The Labute approximate surface area is 209 Å². The quantitative estimate of drug-likeness (QED) is 0.413. The Morgan fingerprint density at radius 1 is 0.943 bits per heavy atom. The molecule has 0 aromatic heterocycles. The van der Waals surface area contributed by atoms with Gasteiger partial charge in [0.2, 0.25) is 0 Å². The highest BCUT2D eigenvalue weighted by Crippen LogP contribution is 2.41. The maximum Gasteiger partial charge on any atom is 0.322 e. The number of carboxylic acid groups (broad SMARTS) is 1. The molecule has 8 heteroatoms. The number of aryl methyl sites for hydroxylation is 2. The van der Waals surface area contributed by atoms with E-state index in [9.17, 15) is 18.3 Å². The normalized spacial score (nSPS) is 13.4. The van der Waals surface area contributed by atoms with Gasteiger partial charge in [-0.1, -0.05) is 58.9 Å². The van der Waals surface area contributed by atoms with Gasteiger partial charge >= 0.3 is 16.1 Å². The highest BCUT2D eigenvalue weighted by atomic mass is 32.2. The highest BCUT2D eigenvalue weighted by molar-refractivity contribution is 7.87. The Bertz CT molecular complexity index is 1140. The molecule has 2 rings (SSSR count). The summed E-state index contributed by atoms with van der Waals surface area (Å²) in [5.74, 6) is -1.72. The summed E-state index contributed by atoms with van der Waals surface area (Å²) >= 11 is 0. The molecule has 0 saturated heterocycles. The molecule has 1 atom stereocenters. The van der Waals surface area contributed by atoms with Crippen molar-refractivity contribution in [1.29, 1.82) is 0 Å². The van der Waals surface area contributed by atoms with Crippen LogP contribution in [-0.4, -0.2) is 43.1 Å². The Kier molecular flexibility index (Phi) is 9.00. The first-order chi connectivity index (χ1) is 16.1. The number of aliphatic hydroxyl groups excluding tert-OH is 1. The van der Waals surface area contributed by atoms with Gasteiger partial charge in [-0.25, -0.2) is 0 Å². The molecule has 0 heterocycles. The average Bonchev–Trinajstić information content (AvgIpc) is 2.74. The molecule has 7 nitrogen and oxygen atoms in total. The standard InChI is InChI=1S/C27H38O7S/c1-8-27(9-2,20-10-12-22(18(3)14-20)33-16-24(28)26(5,6)7)21-11-13-23(19(4)15-21)34-35(31,32)17-25(29)30/h10-15,24,28H,8-9,16-17H2,1-7H3,(H,29,30). The molecule has 2 aromatic rings. The Morgan fingerprint density at radius 3 is 1.83 bits per heavy atom. The van der Waals surface area contributed by atoms with Crippen molar-refractivity contribution in [1.82, 2.24) is 0 Å². The van der Waals surface area contributed by atoms with E-state index in [0.717, 1.165) is 35.3 Å². The average molecular weight is 507 g/mol. The van der Waals surface area contributed by atoms with Crippen LogP contribution in [-0.2, 0) is 20.3 Å². The summed E-state index contributed by atoms with van der Waals surface area (Å²) < 4.78 is 34.9. The number of hydrogen-bond acceptors (Lipinski definition) is 6. The molecule has 0 saturated carbocycles. The van der Waals surface area contributed by atoms with Crippen molar-refractivity contribution >= 4 is 16.1 Å². The largest absolute Gasteiger partial charge is 0.491 e. The van der Waals surface area contributed by atoms with Gasteiger partial charge in [0.15, 0.2) is 5.75 Å². The molecular formula is C27H38O7S. The second-order valence-corrected chi connectivity index (χ2v) is 11.7. The van der Waals surface area contributed by atoms with E-state index in [-0.39, 0.29) is 23.2 Å². The lowest BCUT2D eigenvalue weighted by molar-refractivity contribution is -0.134. The van der Waals surface area contributed by atoms with Crippen molar-refractivity contribution in [3.05, 3.63) is 58.7 Å². The van der Waals surface area contributed by atoms with Gasteiger partial charge in [0, 0.05) is 5.41 Å². The predicted molar refractivity (Wildman–Crippen MR) is 137 cm³/mol. The Morgan fingerprint density at radius 2 is 1.43 bits per heavy atom. The van der Waals surface area contributed by atoms with Gasteiger partial charge in [-0.3, -0.25) is 4.79 Å². The molecule has 0 amide bonds. The molecule has 0 aliphatic heterocycles. The second kappa shape index (κ2) is 11.0. The van der Waals surface area contributed by atoms with E-state index in [4.69, 9.17) is 14.0 Å². The van der Waals surface area contributed by atoms with Crippen LogP contribution in [0.25, 0.3) is 0 Å². The Balaban J connectivity index is 2.37. The first kappa shape index (κ1) is 28.7. The maximum atomic E-state index is 12.0. The molecule has 0 aliphatic rings. The fourth-order valence-electron chi connectivity index (χ4n) is 4.12. The zero-order valence-corrected chi connectivity index (χ0v) is 22.5. The van der Waals surface area contributed by atoms with Gasteiger partial charge < -0.3 is 19.1 Å². The predicted octanol–water partition coefficient (Wildman–Crippen LogP) is 4.99. The van der Waals surface area contributed by atoms with Gasteiger partial charge in [-0.05, 0) is 66.5 Å². The summed E-state index contributed by atoms with van der Waals surface area (Å²) in [4.78, 5) is 10.8. The van der Waals surface area contributed by atoms with Crippen molar-refractivity contribution in [2.45, 2.75) is 72.8 Å². The second-order valence-electron chi connectivity index (χ2n) is 10.1. The van der Waals surface area contributed by atoms with Crippen LogP contribution in [0.15, 0.2) is 36.4 Å². The molecule has 0 fully saturated rings. The number of benzene rings is 2. The third-order valence-corrected chi connectivity index (χ3v) is 7.61. The zero-order chi connectivity index (χ0) is 26.6. The van der Waals surface area contributed by atoms with Crippen LogP contribution in [0, 0.1) is 19.3 Å². The number of hydrogen-bond donors (Lipinski definition) is 2. The van der Waals surface area contributed by atoms with Crippen LogP contribution in [0.3, 0.4) is 0 Å². The van der Waals surface area contributed by atoms with Gasteiger partial charge in [-0.15, -0.1) is 0 Å². The van der Waals surface area contributed by atoms with Crippen LogP contribution in [0.4, 0.5) is 0 Å². The molecule has 0 radical (unpaired) electrons. The van der Waals surface area contributed by atoms with E-state index in [1.165, 1.54) is 0 Å². The number of carbonyl (C=O) groups is 1. The third kappa shape index (κ3) is 6.98. The minimum absolute atomic E-state index is 0.119. The van der Waals surface area contributed by atoms with E-state index < -0.39 is 27.9 Å². The lowest BCUT2D eigenvalue weighted by Gasteiger charge is -2.34. The number of carboxylic acids is 1. The molecule has 0 aliphatic carbocycles. The summed E-state index contributed by atoms with van der Waals surface area (Å²) in [5, 5.41) is 19.1. The molecule has 0 spiro atoms. The summed E-state index contributed by atoms with van der Waals surface area (Å²) in [7, 11) is -4.23. The van der Waals surface area contributed by atoms with Crippen molar-refractivity contribution in [3.63, 3.8) is 0 Å². The zero-order valence-electron chi connectivity index (χ0n) is 21.7. The van der Waals surface area contributed by atoms with E-state index >= 15 is 0 Å². The minimum atomic E-state index is -4.23. The van der Waals surface area contributed by atoms with E-state index in [2.05, 4.69) is 19.9 Å². The van der Waals surface area contributed by atoms with Crippen molar-refractivity contribution in [2.24, 2.45) is 5.41 Å². The molecule has 2 N–H and O–H groups in total. The summed E-state index contributed by atoms with van der Waals surface area (Å²) in [6, 6.07) is 11.4. The fourth-order valence-corrected chi connectivity index (χ4v) is 4.94. The monoisotopic (exact) mass is 506 g/mol. The Hall–Kier alpha value is -2.58. The van der Waals surface area contributed by atoms with E-state index in [1.54, 1.807) is 13.0 Å².